The number of aryl methyl sites for hydroxylation is 1. The summed E-state index contributed by atoms with van der Waals surface area (Å²) in [6.45, 7) is 4.15. The van der Waals surface area contributed by atoms with Gasteiger partial charge in [-0.3, -0.25) is 0 Å². The van der Waals surface area contributed by atoms with Gasteiger partial charge >= 0.3 is 0 Å². The highest BCUT2D eigenvalue weighted by molar-refractivity contribution is 5.64. The Balaban J connectivity index is 1.56. The van der Waals surface area contributed by atoms with Crippen molar-refractivity contribution in [3.05, 3.63) is 66.5 Å². The number of halogens is 1. The Kier molecular flexibility index (Phi) is 9.01. The predicted octanol–water partition coefficient (Wildman–Crippen LogP) is 7.45. The highest BCUT2D eigenvalue weighted by Crippen LogP contribution is 2.23. The van der Waals surface area contributed by atoms with Gasteiger partial charge in [-0.25, -0.2) is 14.4 Å². The van der Waals surface area contributed by atoms with Gasteiger partial charge in [-0.1, -0.05) is 75.9 Å². The maximum atomic E-state index is 13.3. The molecule has 1 aromatic heterocycles. The minimum Gasteiger partial charge on any atom is -0.491 e. The molecule has 0 aliphatic heterocycles. The number of benzene rings is 2. The zero-order valence-electron chi connectivity index (χ0n) is 18.7. The number of ether oxygens (including phenoxy) is 1. The smallest absolute Gasteiger partial charge is 0.159 e. The molecule has 0 amide bonds. The lowest BCUT2D eigenvalue weighted by atomic mass is 10.0. The first-order chi connectivity index (χ1) is 15.2. The van der Waals surface area contributed by atoms with E-state index in [1.807, 2.05) is 43.6 Å². The lowest BCUT2D eigenvalue weighted by Gasteiger charge is -2.09. The van der Waals surface area contributed by atoms with Crippen LogP contribution >= 0.6 is 0 Å². The van der Waals surface area contributed by atoms with Gasteiger partial charge in [0, 0.05) is 23.5 Å². The van der Waals surface area contributed by atoms with Crippen LogP contribution in [-0.2, 0) is 6.42 Å². The molecule has 0 fully saturated rings. The molecule has 0 aliphatic carbocycles. The summed E-state index contributed by atoms with van der Waals surface area (Å²) in [6, 6.07) is 16.2. The molecule has 31 heavy (non-hydrogen) atoms. The van der Waals surface area contributed by atoms with E-state index in [4.69, 9.17) is 4.74 Å². The van der Waals surface area contributed by atoms with Crippen molar-refractivity contribution in [2.75, 3.05) is 6.61 Å². The Labute approximate surface area is 185 Å². The minimum atomic E-state index is -0.930. The Bertz CT molecular complexity index is 892. The Hall–Kier alpha value is -2.75. The largest absolute Gasteiger partial charge is 0.491 e. The summed E-state index contributed by atoms with van der Waals surface area (Å²) in [6.07, 6.45) is 10.9. The van der Waals surface area contributed by atoms with E-state index in [0.29, 0.717) is 12.2 Å². The number of alkyl halides is 1. The molecule has 1 atom stereocenters. The lowest BCUT2D eigenvalue weighted by molar-refractivity contribution is 0.192. The van der Waals surface area contributed by atoms with E-state index in [-0.39, 0.29) is 6.61 Å². The molecular formula is C27H33FN2O. The van der Waals surface area contributed by atoms with Gasteiger partial charge in [0.25, 0.3) is 0 Å². The third-order valence-corrected chi connectivity index (χ3v) is 5.49. The average molecular weight is 421 g/mol. The van der Waals surface area contributed by atoms with E-state index in [9.17, 15) is 4.39 Å². The molecule has 4 heteroatoms. The average Bonchev–Trinajstić information content (AvgIpc) is 2.83. The van der Waals surface area contributed by atoms with Crippen LogP contribution in [0.25, 0.3) is 22.5 Å². The van der Waals surface area contributed by atoms with Gasteiger partial charge in [0.2, 0.25) is 0 Å². The molecule has 0 radical (unpaired) electrons. The fourth-order valence-electron chi connectivity index (χ4n) is 3.43. The minimum absolute atomic E-state index is 0.0886. The van der Waals surface area contributed by atoms with Gasteiger partial charge in [0.1, 0.15) is 18.5 Å². The van der Waals surface area contributed by atoms with Crippen LogP contribution in [0.3, 0.4) is 0 Å². The molecule has 0 saturated carbocycles. The third kappa shape index (κ3) is 7.16. The van der Waals surface area contributed by atoms with Gasteiger partial charge in [-0.15, -0.1) is 0 Å². The molecule has 0 saturated heterocycles. The first kappa shape index (κ1) is 22.9. The fourth-order valence-corrected chi connectivity index (χ4v) is 3.43. The molecule has 1 heterocycles. The monoisotopic (exact) mass is 420 g/mol. The maximum Gasteiger partial charge on any atom is 0.159 e. The van der Waals surface area contributed by atoms with Crippen molar-refractivity contribution in [3.8, 4) is 28.3 Å². The summed E-state index contributed by atoms with van der Waals surface area (Å²) in [7, 11) is 0. The van der Waals surface area contributed by atoms with Crippen LogP contribution in [0.1, 0.15) is 57.9 Å². The number of aromatic nitrogens is 2. The van der Waals surface area contributed by atoms with E-state index in [2.05, 4.69) is 41.2 Å². The van der Waals surface area contributed by atoms with Crippen molar-refractivity contribution >= 4 is 0 Å². The zero-order valence-corrected chi connectivity index (χ0v) is 18.7. The van der Waals surface area contributed by atoms with Gasteiger partial charge < -0.3 is 4.74 Å². The maximum absolute atomic E-state index is 13.3. The molecule has 0 aliphatic rings. The highest BCUT2D eigenvalue weighted by Gasteiger charge is 2.06. The Morgan fingerprint density at radius 1 is 0.774 bits per heavy atom. The summed E-state index contributed by atoms with van der Waals surface area (Å²) >= 11 is 0. The summed E-state index contributed by atoms with van der Waals surface area (Å²) in [5, 5.41) is 0. The summed E-state index contributed by atoms with van der Waals surface area (Å²) in [4.78, 5) is 9.10. The second-order valence-corrected chi connectivity index (χ2v) is 8.00. The van der Waals surface area contributed by atoms with E-state index in [1.54, 1.807) is 0 Å². The number of nitrogens with zero attached hydrogens (tertiary/aromatic N) is 2. The Morgan fingerprint density at radius 3 is 2.06 bits per heavy atom. The van der Waals surface area contributed by atoms with Crippen molar-refractivity contribution in [3.63, 3.8) is 0 Å². The second-order valence-electron chi connectivity index (χ2n) is 8.00. The normalized spacial score (nSPS) is 12.0. The predicted molar refractivity (Wildman–Crippen MR) is 126 cm³/mol. The molecule has 1 unspecified atom stereocenters. The van der Waals surface area contributed by atoms with Crippen molar-refractivity contribution in [2.45, 2.75) is 65.0 Å². The molecule has 2 aromatic carbocycles. The molecule has 3 aromatic rings. The number of rotatable bonds is 12. The number of unbranched alkanes of at least 4 members (excludes halogenated alkanes) is 4. The summed E-state index contributed by atoms with van der Waals surface area (Å²) in [5.74, 6) is 1.40. The van der Waals surface area contributed by atoms with Crippen molar-refractivity contribution in [1.29, 1.82) is 0 Å². The first-order valence-electron chi connectivity index (χ1n) is 11.5. The first-order valence-corrected chi connectivity index (χ1v) is 11.5. The molecule has 0 spiro atoms. The van der Waals surface area contributed by atoms with Gasteiger partial charge in [-0.2, -0.15) is 0 Å². The topological polar surface area (TPSA) is 35.0 Å². The van der Waals surface area contributed by atoms with E-state index < -0.39 is 6.17 Å². The van der Waals surface area contributed by atoms with Crippen LogP contribution in [0.4, 0.5) is 4.39 Å². The fraction of sp³-hybridized carbons (Fsp3) is 0.407. The zero-order chi connectivity index (χ0) is 21.9. The highest BCUT2D eigenvalue weighted by atomic mass is 19.1. The van der Waals surface area contributed by atoms with E-state index in [0.717, 1.165) is 28.9 Å². The molecule has 3 nitrogen and oxygen atoms in total. The van der Waals surface area contributed by atoms with Gasteiger partial charge in [-0.05, 0) is 42.5 Å². The molecular weight excluding hydrogens is 387 g/mol. The van der Waals surface area contributed by atoms with Gasteiger partial charge in [0.05, 0.1) is 0 Å². The molecule has 3 rings (SSSR count). The quantitative estimate of drug-likeness (QED) is 0.285. The molecule has 0 bridgehead atoms. The van der Waals surface area contributed by atoms with Crippen molar-refractivity contribution in [1.82, 2.24) is 9.97 Å². The second kappa shape index (κ2) is 12.2. The summed E-state index contributed by atoms with van der Waals surface area (Å²) < 4.78 is 18.8. The van der Waals surface area contributed by atoms with Crippen LogP contribution in [-0.4, -0.2) is 22.7 Å². The van der Waals surface area contributed by atoms with Crippen LogP contribution < -0.4 is 4.74 Å². The molecule has 164 valence electrons. The Morgan fingerprint density at radius 2 is 1.42 bits per heavy atom. The number of hydrogen-bond donors (Lipinski definition) is 0. The van der Waals surface area contributed by atoms with Crippen molar-refractivity contribution in [2.24, 2.45) is 0 Å². The molecule has 0 N–H and O–H groups in total. The van der Waals surface area contributed by atoms with Gasteiger partial charge in [0.15, 0.2) is 5.82 Å². The van der Waals surface area contributed by atoms with E-state index in [1.165, 1.54) is 37.7 Å². The van der Waals surface area contributed by atoms with Crippen molar-refractivity contribution < 1.29 is 9.13 Å². The SMILES string of the molecule is CCCCCCCc1ccc(-c2ncc(-c3ccc(OCC(F)CC)cc3)cn2)cc1. The third-order valence-electron chi connectivity index (χ3n) is 5.49. The number of hydrogen-bond acceptors (Lipinski definition) is 3. The standard InChI is InChI=1S/C27H33FN2O/c1-3-5-6-7-8-9-21-10-12-23(13-11-21)27-29-18-24(19-30-27)22-14-16-26(17-15-22)31-20-25(28)4-2/h10-19,25H,3-9,20H2,1-2H3. The summed E-state index contributed by atoms with van der Waals surface area (Å²) in [5.41, 5.74) is 4.35. The van der Waals surface area contributed by atoms with Crippen LogP contribution in [0.15, 0.2) is 60.9 Å². The van der Waals surface area contributed by atoms with Crippen LogP contribution in [0.2, 0.25) is 0 Å². The van der Waals surface area contributed by atoms with Crippen LogP contribution in [0.5, 0.6) is 5.75 Å². The van der Waals surface area contributed by atoms with Crippen LogP contribution in [0, 0.1) is 0 Å². The lowest BCUT2D eigenvalue weighted by Crippen LogP contribution is -2.11. The van der Waals surface area contributed by atoms with E-state index >= 15 is 0 Å².